The molecule has 0 saturated carbocycles. The minimum Gasteiger partial charge on any atom is -0.508 e. The van der Waals surface area contributed by atoms with Crippen LogP contribution in [0.4, 0.5) is 0 Å². The maximum absolute atomic E-state index is 11.3. The Hall–Kier alpha value is 0.132. The van der Waals surface area contributed by atoms with Gasteiger partial charge in [0.1, 0.15) is 5.75 Å². The molecule has 0 unspecified atom stereocenters. The van der Waals surface area contributed by atoms with Crippen LogP contribution >= 0.6 is 0 Å². The van der Waals surface area contributed by atoms with Gasteiger partial charge in [-0.3, -0.25) is 4.79 Å². The fraction of sp³-hybridized carbons (Fsp3) is 0.300. The number of rotatable bonds is 0. The van der Waals surface area contributed by atoms with E-state index in [0.717, 1.165) is 18.4 Å². The van der Waals surface area contributed by atoms with Gasteiger partial charge in [-0.2, -0.15) is 0 Å². The van der Waals surface area contributed by atoms with Gasteiger partial charge < -0.3 is 5.11 Å². The molecule has 2 rings (SSSR count). The van der Waals surface area contributed by atoms with Crippen molar-refractivity contribution in [1.82, 2.24) is 0 Å². The number of phenolic OH excluding ortho intramolecular Hbond substituents is 1. The van der Waals surface area contributed by atoms with E-state index in [1.165, 1.54) is 0 Å². The van der Waals surface area contributed by atoms with E-state index in [1.807, 2.05) is 6.07 Å². The van der Waals surface area contributed by atoms with Crippen LogP contribution < -0.4 is 0 Å². The van der Waals surface area contributed by atoms with Crippen LogP contribution in [0.5, 0.6) is 5.75 Å². The SMILES string of the molecule is O=C1CCCc2ccc(O)cc21.[Ac]. The third-order valence-electron chi connectivity index (χ3n) is 2.24. The van der Waals surface area contributed by atoms with Crippen LogP contribution in [0.3, 0.4) is 0 Å². The summed E-state index contributed by atoms with van der Waals surface area (Å²) in [6, 6.07) is 5.04. The zero-order valence-corrected chi connectivity index (χ0v) is 12.0. The molecule has 0 spiro atoms. The molecule has 0 heterocycles. The van der Waals surface area contributed by atoms with Crippen molar-refractivity contribution >= 4 is 5.78 Å². The molecule has 1 aliphatic rings. The number of Topliss-reactive ketones (excluding diaryl/α,β-unsaturated/α-hetero) is 1. The average Bonchev–Trinajstić information content (AvgIpc) is 2.07. The molecule has 13 heavy (non-hydrogen) atoms. The van der Waals surface area contributed by atoms with E-state index in [-0.39, 0.29) is 55.6 Å². The topological polar surface area (TPSA) is 37.3 Å². The normalized spacial score (nSPS) is 14.6. The van der Waals surface area contributed by atoms with E-state index in [2.05, 4.69) is 0 Å². The van der Waals surface area contributed by atoms with Crippen molar-refractivity contribution in [3.05, 3.63) is 29.3 Å². The minimum atomic E-state index is 0. The molecule has 0 aliphatic heterocycles. The molecular formula is C10H10AcO2. The standard InChI is InChI=1S/C10H10O2.Ac/c11-8-5-4-7-2-1-3-10(12)9(7)6-8;/h4-6,11H,1-3H2;. The first-order chi connectivity index (χ1) is 5.77. The molecule has 65 valence electrons. The zero-order valence-electron chi connectivity index (χ0n) is 7.29. The van der Waals surface area contributed by atoms with Crippen LogP contribution in [0.2, 0.25) is 0 Å². The second kappa shape index (κ2) is 4.57. The smallest absolute Gasteiger partial charge is 0.163 e. The number of carbonyl (C=O) groups is 1. The molecule has 1 aliphatic carbocycles. The number of hydrogen-bond acceptors (Lipinski definition) is 2. The van der Waals surface area contributed by atoms with E-state index in [4.69, 9.17) is 5.11 Å². The van der Waals surface area contributed by atoms with Crippen LogP contribution in [-0.4, -0.2) is 10.9 Å². The van der Waals surface area contributed by atoms with E-state index in [0.29, 0.717) is 12.0 Å². The second-order valence-corrected chi connectivity index (χ2v) is 3.12. The molecule has 0 saturated heterocycles. The fourth-order valence-electron chi connectivity index (χ4n) is 1.62. The van der Waals surface area contributed by atoms with Crippen LogP contribution in [-0.2, 0) is 6.42 Å². The summed E-state index contributed by atoms with van der Waals surface area (Å²) < 4.78 is 0. The Labute approximate surface area is 113 Å². The summed E-state index contributed by atoms with van der Waals surface area (Å²) >= 11 is 0. The van der Waals surface area contributed by atoms with Gasteiger partial charge in [0, 0.05) is 56.0 Å². The van der Waals surface area contributed by atoms with Crippen molar-refractivity contribution in [3.8, 4) is 5.75 Å². The summed E-state index contributed by atoms with van der Waals surface area (Å²) in [5.41, 5.74) is 1.78. The van der Waals surface area contributed by atoms with Gasteiger partial charge in [-0.05, 0) is 30.5 Å². The van der Waals surface area contributed by atoms with Gasteiger partial charge in [-0.1, -0.05) is 6.07 Å². The van der Waals surface area contributed by atoms with Crippen LogP contribution in [0.15, 0.2) is 18.2 Å². The third-order valence-corrected chi connectivity index (χ3v) is 2.24. The first-order valence-electron chi connectivity index (χ1n) is 4.12. The quantitative estimate of drug-likeness (QED) is 0.737. The molecule has 1 aromatic carbocycles. The Morgan fingerprint density at radius 3 is 2.77 bits per heavy atom. The third kappa shape index (κ3) is 2.33. The van der Waals surface area contributed by atoms with Crippen molar-refractivity contribution in [2.45, 2.75) is 19.3 Å². The van der Waals surface area contributed by atoms with Crippen LogP contribution in [0.25, 0.3) is 0 Å². The van der Waals surface area contributed by atoms with E-state index in [9.17, 15) is 4.79 Å². The Balaban J connectivity index is 0.000000845. The van der Waals surface area contributed by atoms with Crippen molar-refractivity contribution in [3.63, 3.8) is 0 Å². The van der Waals surface area contributed by atoms with Gasteiger partial charge in [0.15, 0.2) is 5.78 Å². The molecule has 1 aromatic rings. The number of aryl methyl sites for hydroxylation is 1. The van der Waals surface area contributed by atoms with Gasteiger partial charge in [0.25, 0.3) is 0 Å². The molecule has 1 radical (unpaired) electrons. The molecule has 1 N–H and O–H groups in total. The first kappa shape index (κ1) is 11.2. The number of fused-ring (bicyclic) bond motifs is 1. The maximum atomic E-state index is 11.3. The zero-order chi connectivity index (χ0) is 8.55. The Bertz CT molecular complexity index is 334. The Morgan fingerprint density at radius 2 is 2.00 bits per heavy atom. The molecule has 3 heteroatoms. The maximum Gasteiger partial charge on any atom is 0.163 e. The number of aromatic hydroxyl groups is 1. The van der Waals surface area contributed by atoms with Gasteiger partial charge in [0.05, 0.1) is 0 Å². The monoisotopic (exact) mass is 389 g/mol. The molecule has 0 aromatic heterocycles. The number of phenols is 1. The van der Waals surface area contributed by atoms with E-state index < -0.39 is 0 Å². The van der Waals surface area contributed by atoms with Gasteiger partial charge in [-0.15, -0.1) is 0 Å². The summed E-state index contributed by atoms with van der Waals surface area (Å²) in [6.07, 6.45) is 2.52. The van der Waals surface area contributed by atoms with Crippen LogP contribution in [0.1, 0.15) is 28.8 Å². The predicted molar refractivity (Wildman–Crippen MR) is 45.4 cm³/mol. The number of hydrogen-bond donors (Lipinski definition) is 1. The Morgan fingerprint density at radius 1 is 1.23 bits per heavy atom. The van der Waals surface area contributed by atoms with Crippen LogP contribution in [0, 0.1) is 44.1 Å². The summed E-state index contributed by atoms with van der Waals surface area (Å²) in [5, 5.41) is 9.15. The van der Waals surface area contributed by atoms with Crippen molar-refractivity contribution in [2.24, 2.45) is 0 Å². The molecular weight excluding hydrogens is 379 g/mol. The van der Waals surface area contributed by atoms with Gasteiger partial charge in [-0.25, -0.2) is 0 Å². The summed E-state index contributed by atoms with van der Waals surface area (Å²) in [4.78, 5) is 11.3. The van der Waals surface area contributed by atoms with E-state index in [1.54, 1.807) is 12.1 Å². The van der Waals surface area contributed by atoms with Gasteiger partial charge >= 0.3 is 0 Å². The molecule has 2 nitrogen and oxygen atoms in total. The van der Waals surface area contributed by atoms with E-state index >= 15 is 0 Å². The molecule has 0 fully saturated rings. The Kier molecular flexibility index (Phi) is 3.94. The number of carbonyl (C=O) groups excluding carboxylic acids is 1. The molecule has 0 atom stereocenters. The minimum absolute atomic E-state index is 0. The second-order valence-electron chi connectivity index (χ2n) is 3.12. The molecule has 0 amide bonds. The van der Waals surface area contributed by atoms with Crippen molar-refractivity contribution < 1.29 is 54.0 Å². The van der Waals surface area contributed by atoms with Crippen molar-refractivity contribution in [2.75, 3.05) is 0 Å². The summed E-state index contributed by atoms with van der Waals surface area (Å²) in [5.74, 6) is 0.344. The molecule has 0 bridgehead atoms. The van der Waals surface area contributed by atoms with Crippen molar-refractivity contribution in [1.29, 1.82) is 0 Å². The largest absolute Gasteiger partial charge is 0.508 e. The predicted octanol–water partition coefficient (Wildman–Crippen LogP) is 1.91. The number of benzene rings is 1. The summed E-state index contributed by atoms with van der Waals surface area (Å²) in [7, 11) is 0. The first-order valence-corrected chi connectivity index (χ1v) is 4.12. The average molecular weight is 389 g/mol. The summed E-state index contributed by atoms with van der Waals surface area (Å²) in [6.45, 7) is 0. The number of ketones is 1. The van der Waals surface area contributed by atoms with Gasteiger partial charge in [0.2, 0.25) is 0 Å². The fourth-order valence-corrected chi connectivity index (χ4v) is 1.62.